The second-order valence-electron chi connectivity index (χ2n) is 6.65. The van der Waals surface area contributed by atoms with E-state index >= 15 is 0 Å². The maximum Gasteiger partial charge on any atom is 0.163 e. The summed E-state index contributed by atoms with van der Waals surface area (Å²) in [6, 6.07) is 10.1. The Labute approximate surface area is 133 Å². The predicted octanol–water partition coefficient (Wildman–Crippen LogP) is 2.99. The molecule has 1 saturated heterocycles. The average molecular weight is 308 g/mol. The number of aliphatic hydroxyl groups is 1. The Hall–Kier alpha value is -0.940. The number of benzene rings is 1. The Morgan fingerprint density at radius 3 is 2.50 bits per heavy atom. The molecule has 22 heavy (non-hydrogen) atoms. The van der Waals surface area contributed by atoms with E-state index in [9.17, 15) is 5.11 Å². The summed E-state index contributed by atoms with van der Waals surface area (Å²) in [5, 5.41) is 9.54. The van der Waals surface area contributed by atoms with Gasteiger partial charge in [0.2, 0.25) is 0 Å². The molecule has 4 heteroatoms. The lowest BCUT2D eigenvalue weighted by atomic mass is 9.89. The van der Waals surface area contributed by atoms with Gasteiger partial charge in [-0.05, 0) is 19.4 Å². The Kier molecular flexibility index (Phi) is 5.98. The molecule has 0 amide bonds. The topological polar surface area (TPSA) is 47.9 Å². The molecule has 1 aliphatic rings. The number of aliphatic hydroxyl groups excluding tert-OH is 1. The van der Waals surface area contributed by atoms with E-state index in [-0.39, 0.29) is 30.7 Å². The summed E-state index contributed by atoms with van der Waals surface area (Å²) in [7, 11) is 0. The molecule has 0 saturated carbocycles. The van der Waals surface area contributed by atoms with Gasteiger partial charge in [0.1, 0.15) is 0 Å². The van der Waals surface area contributed by atoms with Crippen molar-refractivity contribution in [2.75, 3.05) is 13.2 Å². The van der Waals surface area contributed by atoms with E-state index in [1.165, 1.54) is 0 Å². The van der Waals surface area contributed by atoms with E-state index in [1.807, 2.05) is 51.1 Å². The van der Waals surface area contributed by atoms with Crippen molar-refractivity contribution in [2.24, 2.45) is 11.8 Å². The minimum Gasteiger partial charge on any atom is -0.396 e. The molecule has 1 heterocycles. The van der Waals surface area contributed by atoms with Crippen LogP contribution in [-0.2, 0) is 20.8 Å². The lowest BCUT2D eigenvalue weighted by Crippen LogP contribution is -2.39. The first-order valence-corrected chi connectivity index (χ1v) is 8.01. The Morgan fingerprint density at radius 1 is 1.27 bits per heavy atom. The number of hydrogen-bond acceptors (Lipinski definition) is 4. The van der Waals surface area contributed by atoms with Crippen molar-refractivity contribution >= 4 is 0 Å². The van der Waals surface area contributed by atoms with Crippen molar-refractivity contribution in [1.29, 1.82) is 0 Å². The van der Waals surface area contributed by atoms with Gasteiger partial charge in [-0.1, -0.05) is 44.2 Å². The maximum absolute atomic E-state index is 9.54. The van der Waals surface area contributed by atoms with Crippen LogP contribution in [0.5, 0.6) is 0 Å². The van der Waals surface area contributed by atoms with Crippen LogP contribution in [0, 0.1) is 11.8 Å². The first kappa shape index (κ1) is 17.4. The Morgan fingerprint density at radius 2 is 1.95 bits per heavy atom. The van der Waals surface area contributed by atoms with Gasteiger partial charge in [-0.3, -0.25) is 0 Å². The first-order valence-electron chi connectivity index (χ1n) is 8.01. The lowest BCUT2D eigenvalue weighted by Gasteiger charge is -2.32. The molecule has 0 aliphatic carbocycles. The fourth-order valence-corrected chi connectivity index (χ4v) is 2.89. The van der Waals surface area contributed by atoms with Crippen LogP contribution in [0.25, 0.3) is 0 Å². The fraction of sp³-hybridized carbons (Fsp3) is 0.667. The summed E-state index contributed by atoms with van der Waals surface area (Å²) in [4.78, 5) is 0. The van der Waals surface area contributed by atoms with Gasteiger partial charge in [-0.25, -0.2) is 0 Å². The molecular formula is C18H28O4. The van der Waals surface area contributed by atoms with Crippen molar-refractivity contribution < 1.29 is 19.3 Å². The Bertz CT molecular complexity index is 446. The predicted molar refractivity (Wildman–Crippen MR) is 85.3 cm³/mol. The molecular weight excluding hydrogens is 280 g/mol. The zero-order chi connectivity index (χ0) is 16.2. The first-order chi connectivity index (χ1) is 10.4. The monoisotopic (exact) mass is 308 g/mol. The van der Waals surface area contributed by atoms with Gasteiger partial charge in [0.05, 0.1) is 25.4 Å². The largest absolute Gasteiger partial charge is 0.396 e. The molecule has 1 aliphatic heterocycles. The van der Waals surface area contributed by atoms with Crippen molar-refractivity contribution in [3.05, 3.63) is 35.9 Å². The SMILES string of the molecule is C[C@@H]([C@@H](OCc1ccccc1)[C@@H](C)CO)[C@H]1COC(C)(C)O1. The second-order valence-corrected chi connectivity index (χ2v) is 6.65. The van der Waals surface area contributed by atoms with Crippen LogP contribution in [0.15, 0.2) is 30.3 Å². The summed E-state index contributed by atoms with van der Waals surface area (Å²) in [5.41, 5.74) is 1.13. The normalized spacial score (nSPS) is 24.9. The Balaban J connectivity index is 1.99. The van der Waals surface area contributed by atoms with Crippen LogP contribution in [0.3, 0.4) is 0 Å². The molecule has 1 N–H and O–H groups in total. The highest BCUT2D eigenvalue weighted by molar-refractivity contribution is 5.13. The molecule has 4 nitrogen and oxygen atoms in total. The van der Waals surface area contributed by atoms with Crippen molar-refractivity contribution in [2.45, 2.75) is 52.3 Å². The fourth-order valence-electron chi connectivity index (χ4n) is 2.89. The van der Waals surface area contributed by atoms with Crippen LogP contribution < -0.4 is 0 Å². The smallest absolute Gasteiger partial charge is 0.163 e. The van der Waals surface area contributed by atoms with E-state index < -0.39 is 5.79 Å². The average Bonchev–Trinajstić information content (AvgIpc) is 2.88. The lowest BCUT2D eigenvalue weighted by molar-refractivity contribution is -0.155. The van der Waals surface area contributed by atoms with Crippen LogP contribution in [0.2, 0.25) is 0 Å². The summed E-state index contributed by atoms with van der Waals surface area (Å²) in [6.07, 6.45) is -0.0857. The molecule has 4 atom stereocenters. The third-order valence-electron chi connectivity index (χ3n) is 4.27. The van der Waals surface area contributed by atoms with Gasteiger partial charge < -0.3 is 19.3 Å². The van der Waals surface area contributed by atoms with Gasteiger partial charge in [0.15, 0.2) is 5.79 Å². The molecule has 1 aromatic rings. The van der Waals surface area contributed by atoms with Crippen molar-refractivity contribution in [3.63, 3.8) is 0 Å². The van der Waals surface area contributed by atoms with Crippen LogP contribution in [0.1, 0.15) is 33.3 Å². The molecule has 0 bridgehead atoms. The minimum atomic E-state index is -0.536. The van der Waals surface area contributed by atoms with Crippen LogP contribution in [-0.4, -0.2) is 36.3 Å². The van der Waals surface area contributed by atoms with E-state index in [0.29, 0.717) is 13.2 Å². The van der Waals surface area contributed by atoms with Gasteiger partial charge in [-0.15, -0.1) is 0 Å². The minimum absolute atomic E-state index is 0.00947. The zero-order valence-electron chi connectivity index (χ0n) is 14.0. The number of ether oxygens (including phenoxy) is 3. The van der Waals surface area contributed by atoms with E-state index in [0.717, 1.165) is 5.56 Å². The highest BCUT2D eigenvalue weighted by Gasteiger charge is 2.40. The standard InChI is InChI=1S/C18H28O4/c1-13(10-19)17(20-11-15-8-6-5-7-9-15)14(2)16-12-21-18(3,4)22-16/h5-9,13-14,16-17,19H,10-12H2,1-4H3/t13-,14+,16+,17-/m0/s1. The molecule has 1 fully saturated rings. The molecule has 1 aromatic carbocycles. The van der Waals surface area contributed by atoms with E-state index in [1.54, 1.807) is 0 Å². The highest BCUT2D eigenvalue weighted by atomic mass is 16.7. The zero-order valence-corrected chi connectivity index (χ0v) is 14.0. The molecule has 124 valence electrons. The van der Waals surface area contributed by atoms with E-state index in [2.05, 4.69) is 6.92 Å². The highest BCUT2D eigenvalue weighted by Crippen LogP contribution is 2.31. The van der Waals surface area contributed by atoms with Crippen LogP contribution >= 0.6 is 0 Å². The van der Waals surface area contributed by atoms with E-state index in [4.69, 9.17) is 14.2 Å². The molecule has 0 aromatic heterocycles. The van der Waals surface area contributed by atoms with Crippen molar-refractivity contribution in [1.82, 2.24) is 0 Å². The van der Waals surface area contributed by atoms with Gasteiger partial charge in [-0.2, -0.15) is 0 Å². The van der Waals surface area contributed by atoms with Gasteiger partial charge >= 0.3 is 0 Å². The summed E-state index contributed by atoms with van der Waals surface area (Å²) in [6.45, 7) is 9.17. The molecule has 0 radical (unpaired) electrons. The third kappa shape index (κ3) is 4.53. The van der Waals surface area contributed by atoms with Crippen LogP contribution in [0.4, 0.5) is 0 Å². The van der Waals surface area contributed by atoms with Gasteiger partial charge in [0.25, 0.3) is 0 Å². The third-order valence-corrected chi connectivity index (χ3v) is 4.27. The number of rotatable bonds is 7. The molecule has 0 spiro atoms. The maximum atomic E-state index is 9.54. The van der Waals surface area contributed by atoms with Crippen molar-refractivity contribution in [3.8, 4) is 0 Å². The van der Waals surface area contributed by atoms with Gasteiger partial charge in [0, 0.05) is 18.4 Å². The summed E-state index contributed by atoms with van der Waals surface area (Å²) in [5.74, 6) is -0.343. The number of hydrogen-bond donors (Lipinski definition) is 1. The molecule has 2 rings (SSSR count). The quantitative estimate of drug-likeness (QED) is 0.841. The summed E-state index contributed by atoms with van der Waals surface area (Å²) >= 11 is 0. The second kappa shape index (κ2) is 7.55. The summed E-state index contributed by atoms with van der Waals surface area (Å²) < 4.78 is 17.7. The molecule has 0 unspecified atom stereocenters.